The first kappa shape index (κ1) is 24.7. The zero-order valence-corrected chi connectivity index (χ0v) is 19.8. The van der Waals surface area contributed by atoms with E-state index in [-0.39, 0.29) is 29.8 Å². The molecule has 0 fully saturated rings. The van der Waals surface area contributed by atoms with Crippen molar-refractivity contribution in [3.05, 3.63) is 35.8 Å². The Bertz CT molecular complexity index is 727. The van der Waals surface area contributed by atoms with Crippen LogP contribution >= 0.6 is 24.0 Å². The largest absolute Gasteiger partial charge is 0.361 e. The van der Waals surface area contributed by atoms with Gasteiger partial charge in [0.15, 0.2) is 5.96 Å². The Kier molecular flexibility index (Phi) is 11.4. The standard InChI is InChI=1S/C21H34FN5.HI/c1-5-27(6-2)13-7-8-16(3)26-21(23-4)24-12-11-17-15-25-20-10-9-18(22)14-19(17)20;/h9-10,14-16,25H,5-8,11-13H2,1-4H3,(H2,23,24,26);1H. The number of H-pyrrole nitrogens is 1. The van der Waals surface area contributed by atoms with Gasteiger partial charge < -0.3 is 20.5 Å². The highest BCUT2D eigenvalue weighted by Crippen LogP contribution is 2.19. The molecule has 0 spiro atoms. The Morgan fingerprint density at radius 3 is 2.71 bits per heavy atom. The Balaban J connectivity index is 0.00000392. The van der Waals surface area contributed by atoms with Gasteiger partial charge in [0.1, 0.15) is 5.82 Å². The second-order valence-corrected chi connectivity index (χ2v) is 6.97. The molecule has 0 radical (unpaired) electrons. The molecule has 1 aromatic carbocycles. The van der Waals surface area contributed by atoms with Gasteiger partial charge in [-0.05, 0) is 69.6 Å². The first-order valence-electron chi connectivity index (χ1n) is 10.0. The summed E-state index contributed by atoms with van der Waals surface area (Å²) in [5, 5.41) is 7.76. The third-order valence-electron chi connectivity index (χ3n) is 5.03. The third-order valence-corrected chi connectivity index (χ3v) is 5.03. The molecule has 2 aromatic rings. The summed E-state index contributed by atoms with van der Waals surface area (Å²) in [6, 6.07) is 5.22. The molecule has 1 atom stereocenters. The van der Waals surface area contributed by atoms with Gasteiger partial charge in [-0.3, -0.25) is 4.99 Å². The molecule has 1 aromatic heterocycles. The van der Waals surface area contributed by atoms with E-state index in [1.54, 1.807) is 19.2 Å². The summed E-state index contributed by atoms with van der Waals surface area (Å²) in [5.41, 5.74) is 2.08. The van der Waals surface area contributed by atoms with E-state index < -0.39 is 0 Å². The lowest BCUT2D eigenvalue weighted by molar-refractivity contribution is 0.292. The quantitative estimate of drug-likeness (QED) is 0.260. The average Bonchev–Trinajstić information content (AvgIpc) is 3.06. The van der Waals surface area contributed by atoms with Crippen molar-refractivity contribution in [2.24, 2.45) is 4.99 Å². The Labute approximate surface area is 185 Å². The van der Waals surface area contributed by atoms with Crippen LogP contribution in [0.25, 0.3) is 10.9 Å². The van der Waals surface area contributed by atoms with Gasteiger partial charge in [-0.15, -0.1) is 24.0 Å². The number of benzene rings is 1. The number of nitrogens with one attached hydrogen (secondary N) is 3. The molecule has 5 nitrogen and oxygen atoms in total. The van der Waals surface area contributed by atoms with E-state index >= 15 is 0 Å². The molecule has 0 aliphatic rings. The number of aromatic nitrogens is 1. The molecule has 0 bridgehead atoms. The molecule has 1 heterocycles. The molecule has 3 N–H and O–H groups in total. The van der Waals surface area contributed by atoms with Crippen LogP contribution in [0.5, 0.6) is 0 Å². The van der Waals surface area contributed by atoms with Crippen molar-refractivity contribution in [3.63, 3.8) is 0 Å². The molecule has 1 unspecified atom stereocenters. The van der Waals surface area contributed by atoms with Gasteiger partial charge >= 0.3 is 0 Å². The van der Waals surface area contributed by atoms with Crippen molar-refractivity contribution in [3.8, 4) is 0 Å². The van der Waals surface area contributed by atoms with Crippen LogP contribution in [-0.4, -0.2) is 55.1 Å². The number of aromatic amines is 1. The zero-order valence-electron chi connectivity index (χ0n) is 17.5. The van der Waals surface area contributed by atoms with Crippen molar-refractivity contribution in [1.82, 2.24) is 20.5 Å². The van der Waals surface area contributed by atoms with Gasteiger partial charge in [-0.1, -0.05) is 13.8 Å². The van der Waals surface area contributed by atoms with Crippen LogP contribution < -0.4 is 10.6 Å². The van der Waals surface area contributed by atoms with Crippen molar-refractivity contribution >= 4 is 40.8 Å². The first-order chi connectivity index (χ1) is 13.1. The molecule has 158 valence electrons. The fourth-order valence-electron chi connectivity index (χ4n) is 3.33. The fraction of sp³-hybridized carbons (Fsp3) is 0.571. The minimum absolute atomic E-state index is 0. The molecular formula is C21H35FIN5. The maximum atomic E-state index is 13.5. The van der Waals surface area contributed by atoms with E-state index in [0.29, 0.717) is 6.04 Å². The predicted octanol–water partition coefficient (Wildman–Crippen LogP) is 4.14. The van der Waals surface area contributed by atoms with Crippen LogP contribution in [0.1, 0.15) is 39.2 Å². The second-order valence-electron chi connectivity index (χ2n) is 6.97. The number of halogens is 2. The monoisotopic (exact) mass is 503 g/mol. The van der Waals surface area contributed by atoms with Crippen LogP contribution in [0.3, 0.4) is 0 Å². The number of rotatable bonds is 10. The molecule has 0 aliphatic carbocycles. The summed E-state index contributed by atoms with van der Waals surface area (Å²) < 4.78 is 13.5. The van der Waals surface area contributed by atoms with Gasteiger partial charge in [0.2, 0.25) is 0 Å². The van der Waals surface area contributed by atoms with Crippen LogP contribution in [0.15, 0.2) is 29.4 Å². The molecule has 0 saturated heterocycles. The molecular weight excluding hydrogens is 468 g/mol. The van der Waals surface area contributed by atoms with Gasteiger partial charge in [-0.25, -0.2) is 4.39 Å². The lowest BCUT2D eigenvalue weighted by Crippen LogP contribution is -2.43. The summed E-state index contributed by atoms with van der Waals surface area (Å²) in [7, 11) is 1.79. The number of hydrogen-bond donors (Lipinski definition) is 3. The van der Waals surface area contributed by atoms with E-state index in [9.17, 15) is 4.39 Å². The summed E-state index contributed by atoms with van der Waals surface area (Å²) in [4.78, 5) is 9.96. The van der Waals surface area contributed by atoms with Crippen molar-refractivity contribution in [1.29, 1.82) is 0 Å². The van der Waals surface area contributed by atoms with Crippen molar-refractivity contribution in [2.45, 2.75) is 46.1 Å². The van der Waals surface area contributed by atoms with Gasteiger partial charge in [-0.2, -0.15) is 0 Å². The summed E-state index contributed by atoms with van der Waals surface area (Å²) in [6.45, 7) is 10.7. The SMILES string of the molecule is CCN(CC)CCCC(C)NC(=NC)NCCc1c[nH]c2ccc(F)cc12.I. The van der Waals surface area contributed by atoms with Crippen LogP contribution in [-0.2, 0) is 6.42 Å². The summed E-state index contributed by atoms with van der Waals surface area (Å²) in [6.07, 6.45) is 5.05. The number of nitrogens with zero attached hydrogens (tertiary/aromatic N) is 2. The van der Waals surface area contributed by atoms with E-state index in [4.69, 9.17) is 0 Å². The van der Waals surface area contributed by atoms with E-state index in [0.717, 1.165) is 61.4 Å². The minimum atomic E-state index is -0.202. The van der Waals surface area contributed by atoms with Crippen LogP contribution in [0.2, 0.25) is 0 Å². The minimum Gasteiger partial charge on any atom is -0.361 e. The predicted molar refractivity (Wildman–Crippen MR) is 128 cm³/mol. The number of hydrogen-bond acceptors (Lipinski definition) is 2. The smallest absolute Gasteiger partial charge is 0.191 e. The normalized spacial score (nSPS) is 12.9. The second kappa shape index (κ2) is 13.0. The van der Waals surface area contributed by atoms with E-state index in [1.165, 1.54) is 12.5 Å². The summed E-state index contributed by atoms with van der Waals surface area (Å²) >= 11 is 0. The van der Waals surface area contributed by atoms with Crippen molar-refractivity contribution < 1.29 is 4.39 Å². The molecule has 28 heavy (non-hydrogen) atoms. The highest BCUT2D eigenvalue weighted by Gasteiger charge is 2.08. The van der Waals surface area contributed by atoms with Gasteiger partial charge in [0, 0.05) is 36.7 Å². The van der Waals surface area contributed by atoms with Crippen molar-refractivity contribution in [2.75, 3.05) is 33.2 Å². The highest BCUT2D eigenvalue weighted by atomic mass is 127. The maximum absolute atomic E-state index is 13.5. The molecule has 2 rings (SSSR count). The Morgan fingerprint density at radius 1 is 1.29 bits per heavy atom. The number of guanidine groups is 1. The first-order valence-corrected chi connectivity index (χ1v) is 10.0. The van der Waals surface area contributed by atoms with E-state index in [2.05, 4.69) is 46.3 Å². The third kappa shape index (κ3) is 7.58. The van der Waals surface area contributed by atoms with E-state index in [1.807, 2.05) is 6.20 Å². The highest BCUT2D eigenvalue weighted by molar-refractivity contribution is 14.0. The molecule has 0 saturated carbocycles. The number of fused-ring (bicyclic) bond motifs is 1. The molecule has 0 amide bonds. The Hall–Kier alpha value is -1.35. The maximum Gasteiger partial charge on any atom is 0.191 e. The molecule has 7 heteroatoms. The van der Waals surface area contributed by atoms with Crippen LogP contribution in [0.4, 0.5) is 4.39 Å². The van der Waals surface area contributed by atoms with Gasteiger partial charge in [0.05, 0.1) is 0 Å². The Morgan fingerprint density at radius 2 is 2.04 bits per heavy atom. The lowest BCUT2D eigenvalue weighted by atomic mass is 10.1. The summed E-state index contributed by atoms with van der Waals surface area (Å²) in [5.74, 6) is 0.615. The average molecular weight is 503 g/mol. The number of aliphatic imine (C=N–C) groups is 1. The fourth-order valence-corrected chi connectivity index (χ4v) is 3.33. The van der Waals surface area contributed by atoms with Gasteiger partial charge in [0.25, 0.3) is 0 Å². The zero-order chi connectivity index (χ0) is 19.6. The lowest BCUT2D eigenvalue weighted by Gasteiger charge is -2.21. The van der Waals surface area contributed by atoms with Crippen LogP contribution in [0, 0.1) is 5.82 Å². The molecule has 0 aliphatic heterocycles. The topological polar surface area (TPSA) is 55.4 Å².